The standard InChI is InChI=1S/C9H12N2O/c12-9-5-3-7-11(9)8-4-1-2-6-10-8/h1-2,4,6,8,10H,3,5,7H2. The minimum Gasteiger partial charge on any atom is -0.368 e. The van der Waals surface area contributed by atoms with Gasteiger partial charge in [-0.3, -0.25) is 4.79 Å². The summed E-state index contributed by atoms with van der Waals surface area (Å²) in [6.07, 6.45) is 9.55. The third-order valence-corrected chi connectivity index (χ3v) is 2.21. The van der Waals surface area contributed by atoms with Gasteiger partial charge in [0.15, 0.2) is 0 Å². The van der Waals surface area contributed by atoms with Crippen LogP contribution in [0.15, 0.2) is 24.4 Å². The van der Waals surface area contributed by atoms with Crippen LogP contribution in [-0.4, -0.2) is 23.5 Å². The van der Waals surface area contributed by atoms with Gasteiger partial charge < -0.3 is 10.2 Å². The molecule has 2 heterocycles. The number of dihydropyridines is 1. The molecule has 0 bridgehead atoms. The molecule has 0 aromatic carbocycles. The molecule has 1 amide bonds. The van der Waals surface area contributed by atoms with Gasteiger partial charge in [0, 0.05) is 13.0 Å². The molecule has 64 valence electrons. The molecule has 1 unspecified atom stereocenters. The first-order valence-corrected chi connectivity index (χ1v) is 4.27. The van der Waals surface area contributed by atoms with Gasteiger partial charge in [-0.2, -0.15) is 0 Å². The van der Waals surface area contributed by atoms with E-state index < -0.39 is 0 Å². The molecule has 3 nitrogen and oxygen atoms in total. The summed E-state index contributed by atoms with van der Waals surface area (Å²) >= 11 is 0. The molecular weight excluding hydrogens is 152 g/mol. The SMILES string of the molecule is O=C1CCCN1C1C=CC=CN1. The van der Waals surface area contributed by atoms with E-state index in [1.807, 2.05) is 29.3 Å². The normalized spacial score (nSPS) is 27.8. The van der Waals surface area contributed by atoms with Gasteiger partial charge >= 0.3 is 0 Å². The monoisotopic (exact) mass is 164 g/mol. The van der Waals surface area contributed by atoms with Crippen LogP contribution in [0.5, 0.6) is 0 Å². The summed E-state index contributed by atoms with van der Waals surface area (Å²) in [5.74, 6) is 0.257. The molecule has 2 aliphatic rings. The van der Waals surface area contributed by atoms with Crippen molar-refractivity contribution < 1.29 is 4.79 Å². The number of amides is 1. The Balaban J connectivity index is 2.04. The van der Waals surface area contributed by atoms with Crippen molar-refractivity contribution in [3.63, 3.8) is 0 Å². The molecule has 1 atom stereocenters. The Hall–Kier alpha value is -1.25. The number of hydrogen-bond donors (Lipinski definition) is 1. The zero-order valence-electron chi connectivity index (χ0n) is 6.86. The second-order valence-corrected chi connectivity index (χ2v) is 3.05. The molecule has 1 fully saturated rings. The van der Waals surface area contributed by atoms with Crippen molar-refractivity contribution in [1.29, 1.82) is 0 Å². The number of likely N-dealkylation sites (tertiary alicyclic amines) is 1. The van der Waals surface area contributed by atoms with Gasteiger partial charge in [-0.05, 0) is 24.8 Å². The third kappa shape index (κ3) is 1.22. The van der Waals surface area contributed by atoms with Crippen molar-refractivity contribution in [3.8, 4) is 0 Å². The number of carbonyl (C=O) groups excluding carboxylic acids is 1. The maximum absolute atomic E-state index is 11.3. The van der Waals surface area contributed by atoms with Crippen LogP contribution in [-0.2, 0) is 4.79 Å². The van der Waals surface area contributed by atoms with Gasteiger partial charge in [-0.1, -0.05) is 6.08 Å². The maximum Gasteiger partial charge on any atom is 0.224 e. The topological polar surface area (TPSA) is 32.3 Å². The Kier molecular flexibility index (Phi) is 1.86. The zero-order chi connectivity index (χ0) is 8.39. The molecule has 1 N–H and O–H groups in total. The summed E-state index contributed by atoms with van der Waals surface area (Å²) in [7, 11) is 0. The number of hydrogen-bond acceptors (Lipinski definition) is 2. The second-order valence-electron chi connectivity index (χ2n) is 3.05. The largest absolute Gasteiger partial charge is 0.368 e. The quantitative estimate of drug-likeness (QED) is 0.615. The van der Waals surface area contributed by atoms with E-state index in [1.165, 1.54) is 0 Å². The number of carbonyl (C=O) groups is 1. The Labute approximate surface area is 71.7 Å². The lowest BCUT2D eigenvalue weighted by atomic mass is 10.3. The minimum atomic E-state index is 0.0880. The molecule has 3 heteroatoms. The summed E-state index contributed by atoms with van der Waals surface area (Å²) in [5, 5.41) is 3.13. The maximum atomic E-state index is 11.3. The van der Waals surface area contributed by atoms with Gasteiger partial charge in [0.1, 0.15) is 6.17 Å². The Morgan fingerprint density at radius 1 is 1.50 bits per heavy atom. The lowest BCUT2D eigenvalue weighted by molar-refractivity contribution is -0.129. The third-order valence-electron chi connectivity index (χ3n) is 2.21. The van der Waals surface area contributed by atoms with E-state index in [9.17, 15) is 4.79 Å². The van der Waals surface area contributed by atoms with Crippen LogP contribution < -0.4 is 5.32 Å². The van der Waals surface area contributed by atoms with Crippen LogP contribution in [0.2, 0.25) is 0 Å². The summed E-state index contributed by atoms with van der Waals surface area (Å²) in [4.78, 5) is 13.2. The average molecular weight is 164 g/mol. The molecule has 1 saturated heterocycles. The van der Waals surface area contributed by atoms with Crippen molar-refractivity contribution in [3.05, 3.63) is 24.4 Å². The Morgan fingerprint density at radius 2 is 2.42 bits per heavy atom. The molecule has 0 spiro atoms. The fourth-order valence-electron chi connectivity index (χ4n) is 1.59. The Bertz CT molecular complexity index is 245. The highest BCUT2D eigenvalue weighted by Gasteiger charge is 2.25. The highest BCUT2D eigenvalue weighted by atomic mass is 16.2. The number of allylic oxidation sites excluding steroid dienone is 2. The average Bonchev–Trinajstić information content (AvgIpc) is 2.53. The van der Waals surface area contributed by atoms with E-state index in [4.69, 9.17) is 0 Å². The molecule has 2 rings (SSSR count). The van der Waals surface area contributed by atoms with Crippen molar-refractivity contribution in [2.24, 2.45) is 0 Å². The van der Waals surface area contributed by atoms with Gasteiger partial charge in [0.2, 0.25) is 5.91 Å². The van der Waals surface area contributed by atoms with E-state index in [1.54, 1.807) is 0 Å². The summed E-state index contributed by atoms with van der Waals surface area (Å²) < 4.78 is 0. The lowest BCUT2D eigenvalue weighted by Crippen LogP contribution is -2.43. The van der Waals surface area contributed by atoms with Gasteiger partial charge in [-0.15, -0.1) is 0 Å². The second kappa shape index (κ2) is 3.01. The van der Waals surface area contributed by atoms with Crippen LogP contribution in [0.3, 0.4) is 0 Å². The fourth-order valence-corrected chi connectivity index (χ4v) is 1.59. The van der Waals surface area contributed by atoms with Gasteiger partial charge in [-0.25, -0.2) is 0 Å². The van der Waals surface area contributed by atoms with E-state index in [-0.39, 0.29) is 12.1 Å². The first-order chi connectivity index (χ1) is 5.88. The van der Waals surface area contributed by atoms with Crippen LogP contribution in [0, 0.1) is 0 Å². The van der Waals surface area contributed by atoms with Crippen LogP contribution >= 0.6 is 0 Å². The predicted octanol–water partition coefficient (Wildman–Crippen LogP) is 0.608. The van der Waals surface area contributed by atoms with E-state index >= 15 is 0 Å². The lowest BCUT2D eigenvalue weighted by Gasteiger charge is -2.26. The molecule has 0 radical (unpaired) electrons. The smallest absolute Gasteiger partial charge is 0.224 e. The first-order valence-electron chi connectivity index (χ1n) is 4.27. The Morgan fingerprint density at radius 3 is 3.00 bits per heavy atom. The van der Waals surface area contributed by atoms with Crippen LogP contribution in [0.1, 0.15) is 12.8 Å². The molecule has 0 aromatic heterocycles. The number of rotatable bonds is 1. The summed E-state index contributed by atoms with van der Waals surface area (Å²) in [6, 6.07) is 0. The summed E-state index contributed by atoms with van der Waals surface area (Å²) in [5.41, 5.74) is 0. The van der Waals surface area contributed by atoms with Crippen LogP contribution in [0.25, 0.3) is 0 Å². The number of nitrogens with one attached hydrogen (secondary N) is 1. The van der Waals surface area contributed by atoms with Crippen molar-refractivity contribution in [2.75, 3.05) is 6.54 Å². The molecule has 0 saturated carbocycles. The molecule has 2 aliphatic heterocycles. The van der Waals surface area contributed by atoms with E-state index in [0.29, 0.717) is 6.42 Å². The highest BCUT2D eigenvalue weighted by molar-refractivity contribution is 5.78. The van der Waals surface area contributed by atoms with Gasteiger partial charge in [0.25, 0.3) is 0 Å². The fraction of sp³-hybridized carbons (Fsp3) is 0.444. The van der Waals surface area contributed by atoms with Crippen molar-refractivity contribution >= 4 is 5.91 Å². The van der Waals surface area contributed by atoms with E-state index in [0.717, 1.165) is 13.0 Å². The predicted molar refractivity (Wildman–Crippen MR) is 46.2 cm³/mol. The van der Waals surface area contributed by atoms with Crippen molar-refractivity contribution in [2.45, 2.75) is 19.0 Å². The van der Waals surface area contributed by atoms with Crippen molar-refractivity contribution in [1.82, 2.24) is 10.2 Å². The molecule has 0 aliphatic carbocycles. The highest BCUT2D eigenvalue weighted by Crippen LogP contribution is 2.13. The summed E-state index contributed by atoms with van der Waals surface area (Å²) in [6.45, 7) is 0.884. The molecule has 0 aromatic rings. The minimum absolute atomic E-state index is 0.0880. The first kappa shape index (κ1) is 7.40. The van der Waals surface area contributed by atoms with E-state index in [2.05, 4.69) is 5.32 Å². The van der Waals surface area contributed by atoms with Crippen LogP contribution in [0.4, 0.5) is 0 Å². The zero-order valence-corrected chi connectivity index (χ0v) is 6.86. The van der Waals surface area contributed by atoms with Gasteiger partial charge in [0.05, 0.1) is 0 Å². The molecular formula is C9H12N2O. The molecule has 12 heavy (non-hydrogen) atoms. The number of nitrogens with zero attached hydrogens (tertiary/aromatic N) is 1.